The van der Waals surface area contributed by atoms with Crippen molar-refractivity contribution in [1.29, 1.82) is 0 Å². The zero-order valence-corrected chi connectivity index (χ0v) is 8.63. The van der Waals surface area contributed by atoms with Gasteiger partial charge in [0, 0.05) is 0 Å². The van der Waals surface area contributed by atoms with Crippen LogP contribution < -0.4 is 5.73 Å². The van der Waals surface area contributed by atoms with Crippen LogP contribution in [-0.4, -0.2) is 11.7 Å². The van der Waals surface area contributed by atoms with Crippen LogP contribution in [0.4, 0.5) is 13.2 Å². The van der Waals surface area contributed by atoms with Crippen LogP contribution in [-0.2, 0) is 0 Å². The van der Waals surface area contributed by atoms with Gasteiger partial charge >= 0.3 is 0 Å². The van der Waals surface area contributed by atoms with E-state index < -0.39 is 23.4 Å². The molecular formula is C9H8F3NOS. The van der Waals surface area contributed by atoms with Gasteiger partial charge in [-0.25, -0.2) is 13.2 Å². The van der Waals surface area contributed by atoms with E-state index in [-0.39, 0.29) is 10.5 Å². The van der Waals surface area contributed by atoms with Gasteiger partial charge in [-0.05, 0) is 11.8 Å². The topological polar surface area (TPSA) is 43.1 Å². The molecule has 1 rings (SSSR count). The molecule has 0 radical (unpaired) electrons. The Morgan fingerprint density at radius 2 is 2.00 bits per heavy atom. The largest absolute Gasteiger partial charge is 0.366 e. The third-order valence-corrected chi connectivity index (χ3v) is 2.65. The molecule has 0 unspecified atom stereocenters. The lowest BCUT2D eigenvalue weighted by atomic mass is 10.2. The molecule has 82 valence electrons. The smallest absolute Gasteiger partial charge is 0.250 e. The molecule has 0 aliphatic heterocycles. The number of hydrogen-bond donors (Lipinski definition) is 1. The maximum atomic E-state index is 13.2. The fraction of sp³-hybridized carbons (Fsp3) is 0.222. The quantitative estimate of drug-likeness (QED) is 0.645. The van der Waals surface area contributed by atoms with Crippen LogP contribution in [0.3, 0.4) is 0 Å². The molecule has 1 aromatic rings. The van der Waals surface area contributed by atoms with E-state index in [9.17, 15) is 18.0 Å². The summed E-state index contributed by atoms with van der Waals surface area (Å²) in [5.41, 5.74) is 4.59. The lowest BCUT2D eigenvalue weighted by Crippen LogP contribution is -2.14. The summed E-state index contributed by atoms with van der Waals surface area (Å²) in [6.07, 6.45) is 0. The molecule has 0 aromatic heterocycles. The van der Waals surface area contributed by atoms with Crippen LogP contribution in [0.1, 0.15) is 17.3 Å². The second-order valence-corrected chi connectivity index (χ2v) is 3.93. The van der Waals surface area contributed by atoms with Crippen molar-refractivity contribution in [2.45, 2.75) is 11.8 Å². The molecule has 2 N–H and O–H groups in total. The molecular weight excluding hydrogens is 227 g/mol. The predicted molar refractivity (Wildman–Crippen MR) is 51.2 cm³/mol. The lowest BCUT2D eigenvalue weighted by molar-refractivity contribution is 0.0996. The second kappa shape index (κ2) is 4.57. The number of hydrogen-bond acceptors (Lipinski definition) is 2. The average Bonchev–Trinajstić information content (AvgIpc) is 2.18. The van der Waals surface area contributed by atoms with E-state index in [0.29, 0.717) is 11.8 Å². The molecule has 15 heavy (non-hydrogen) atoms. The number of benzene rings is 1. The summed E-state index contributed by atoms with van der Waals surface area (Å²) in [5, 5.41) is 0. The first-order valence-electron chi connectivity index (χ1n) is 4.09. The van der Waals surface area contributed by atoms with Gasteiger partial charge in [0.1, 0.15) is 0 Å². The Bertz CT molecular complexity index is 409. The van der Waals surface area contributed by atoms with Crippen molar-refractivity contribution in [3.8, 4) is 0 Å². The molecule has 0 aliphatic carbocycles. The van der Waals surface area contributed by atoms with Gasteiger partial charge in [0.15, 0.2) is 17.5 Å². The number of carbonyl (C=O) groups is 1. The van der Waals surface area contributed by atoms with Gasteiger partial charge in [-0.1, -0.05) is 6.92 Å². The molecule has 0 atom stereocenters. The molecule has 0 fully saturated rings. The molecule has 0 bridgehead atoms. The first kappa shape index (κ1) is 11.9. The Balaban J connectivity index is 3.43. The van der Waals surface area contributed by atoms with E-state index in [0.717, 1.165) is 11.8 Å². The Labute approximate surface area is 88.6 Å². The molecule has 0 saturated heterocycles. The minimum atomic E-state index is -1.59. The van der Waals surface area contributed by atoms with Gasteiger partial charge in [0.2, 0.25) is 5.91 Å². The summed E-state index contributed by atoms with van der Waals surface area (Å²) < 4.78 is 38.9. The van der Waals surface area contributed by atoms with E-state index in [2.05, 4.69) is 0 Å². The van der Waals surface area contributed by atoms with E-state index >= 15 is 0 Å². The number of nitrogens with two attached hydrogens (primary N) is 1. The highest BCUT2D eigenvalue weighted by molar-refractivity contribution is 7.99. The van der Waals surface area contributed by atoms with Gasteiger partial charge in [-0.15, -0.1) is 11.8 Å². The van der Waals surface area contributed by atoms with Crippen LogP contribution in [0.25, 0.3) is 0 Å². The second-order valence-electron chi connectivity index (χ2n) is 2.66. The first-order chi connectivity index (χ1) is 6.99. The molecule has 0 heterocycles. The number of rotatable bonds is 3. The monoisotopic (exact) mass is 235 g/mol. The Hall–Kier alpha value is -1.17. The third-order valence-electron chi connectivity index (χ3n) is 1.67. The number of primary amides is 1. The van der Waals surface area contributed by atoms with Gasteiger partial charge in [-0.3, -0.25) is 4.79 Å². The van der Waals surface area contributed by atoms with Crippen LogP contribution in [0.5, 0.6) is 0 Å². The SMILES string of the molecule is CCSc1c(C(N)=O)cc(F)c(F)c1F. The molecule has 0 spiro atoms. The van der Waals surface area contributed by atoms with Crippen molar-refractivity contribution < 1.29 is 18.0 Å². The average molecular weight is 235 g/mol. The number of amides is 1. The first-order valence-corrected chi connectivity index (χ1v) is 5.07. The number of carbonyl (C=O) groups excluding carboxylic acids is 1. The zero-order valence-electron chi connectivity index (χ0n) is 7.81. The van der Waals surface area contributed by atoms with E-state index in [4.69, 9.17) is 5.73 Å². The molecule has 6 heteroatoms. The zero-order chi connectivity index (χ0) is 11.6. The summed E-state index contributed by atoms with van der Waals surface area (Å²) in [4.78, 5) is 10.6. The third kappa shape index (κ3) is 2.26. The van der Waals surface area contributed by atoms with E-state index in [1.165, 1.54) is 0 Å². The van der Waals surface area contributed by atoms with E-state index in [1.807, 2.05) is 0 Å². The molecule has 2 nitrogen and oxygen atoms in total. The van der Waals surface area contributed by atoms with Crippen molar-refractivity contribution in [3.05, 3.63) is 29.1 Å². The summed E-state index contributed by atoms with van der Waals surface area (Å²) >= 11 is 0.897. The molecule has 0 aliphatic rings. The standard InChI is InChI=1S/C9H8F3NOS/c1-2-15-8-4(9(13)14)3-5(10)6(11)7(8)12/h3H,2H2,1H3,(H2,13,14). The van der Waals surface area contributed by atoms with E-state index in [1.54, 1.807) is 6.92 Å². The highest BCUT2D eigenvalue weighted by Crippen LogP contribution is 2.28. The van der Waals surface area contributed by atoms with Gasteiger partial charge < -0.3 is 5.73 Å². The fourth-order valence-electron chi connectivity index (χ4n) is 1.05. The lowest BCUT2D eigenvalue weighted by Gasteiger charge is -2.07. The fourth-order valence-corrected chi connectivity index (χ4v) is 1.87. The Morgan fingerprint density at radius 1 is 1.40 bits per heavy atom. The number of thioether (sulfide) groups is 1. The highest BCUT2D eigenvalue weighted by atomic mass is 32.2. The Kier molecular flexibility index (Phi) is 3.62. The maximum absolute atomic E-state index is 13.2. The van der Waals surface area contributed by atoms with Crippen LogP contribution in [0.2, 0.25) is 0 Å². The molecule has 1 aromatic carbocycles. The van der Waals surface area contributed by atoms with Crippen molar-refractivity contribution in [1.82, 2.24) is 0 Å². The van der Waals surface area contributed by atoms with Crippen molar-refractivity contribution in [2.75, 3.05) is 5.75 Å². The van der Waals surface area contributed by atoms with Gasteiger partial charge in [-0.2, -0.15) is 0 Å². The van der Waals surface area contributed by atoms with Crippen molar-refractivity contribution in [2.24, 2.45) is 5.73 Å². The van der Waals surface area contributed by atoms with Crippen molar-refractivity contribution >= 4 is 17.7 Å². The maximum Gasteiger partial charge on any atom is 0.250 e. The summed E-state index contributed by atoms with van der Waals surface area (Å²) in [6.45, 7) is 1.69. The van der Waals surface area contributed by atoms with Gasteiger partial charge in [0.05, 0.1) is 10.5 Å². The summed E-state index contributed by atoms with van der Waals surface area (Å²) in [6, 6.07) is 0.610. The normalized spacial score (nSPS) is 10.4. The number of halogens is 3. The minimum Gasteiger partial charge on any atom is -0.366 e. The highest BCUT2D eigenvalue weighted by Gasteiger charge is 2.21. The van der Waals surface area contributed by atoms with Crippen LogP contribution in [0.15, 0.2) is 11.0 Å². The summed E-state index contributed by atoms with van der Waals surface area (Å²) in [5.74, 6) is -4.93. The van der Waals surface area contributed by atoms with Gasteiger partial charge in [0.25, 0.3) is 0 Å². The molecule has 0 saturated carbocycles. The molecule has 1 amide bonds. The minimum absolute atomic E-state index is 0.246. The predicted octanol–water partition coefficient (Wildman–Crippen LogP) is 2.31. The Morgan fingerprint density at radius 3 is 2.47 bits per heavy atom. The van der Waals surface area contributed by atoms with Crippen LogP contribution in [0, 0.1) is 17.5 Å². The van der Waals surface area contributed by atoms with Crippen LogP contribution >= 0.6 is 11.8 Å². The summed E-state index contributed by atoms with van der Waals surface area (Å²) in [7, 11) is 0. The van der Waals surface area contributed by atoms with Crippen molar-refractivity contribution in [3.63, 3.8) is 0 Å².